The number of halogens is 1. The number of carbonyl (C=O) groups excluding carboxylic acids is 2. The van der Waals surface area contributed by atoms with Crippen LogP contribution in [0.25, 0.3) is 0 Å². The van der Waals surface area contributed by atoms with Crippen LogP contribution in [0.4, 0.5) is 0 Å². The van der Waals surface area contributed by atoms with Gasteiger partial charge in [0.05, 0.1) is 5.02 Å². The number of ether oxygens (including phenoxy) is 1. The van der Waals surface area contributed by atoms with Crippen LogP contribution >= 0.6 is 11.6 Å². The van der Waals surface area contributed by atoms with E-state index in [0.717, 1.165) is 0 Å². The Morgan fingerprint density at radius 2 is 2.10 bits per heavy atom. The van der Waals surface area contributed by atoms with Crippen LogP contribution in [0.1, 0.15) is 20.8 Å². The molecule has 1 aliphatic rings. The second-order valence-electron chi connectivity index (χ2n) is 5.50. The molecule has 1 heterocycles. The number of rotatable bonds is 3. The number of amides is 2. The van der Waals surface area contributed by atoms with Crippen LogP contribution in [0, 0.1) is 0 Å². The number of nitrogens with one attached hydrogen (secondary N) is 1. The molecule has 21 heavy (non-hydrogen) atoms. The van der Waals surface area contributed by atoms with E-state index in [1.54, 1.807) is 49.9 Å². The third-order valence-electron chi connectivity index (χ3n) is 3.61. The van der Waals surface area contributed by atoms with Crippen molar-refractivity contribution in [3.8, 4) is 5.75 Å². The van der Waals surface area contributed by atoms with E-state index in [1.165, 1.54) is 0 Å². The van der Waals surface area contributed by atoms with E-state index in [2.05, 4.69) is 5.32 Å². The molecule has 2 amide bonds. The molecule has 1 aromatic rings. The van der Waals surface area contributed by atoms with E-state index >= 15 is 0 Å². The number of hydrogen-bond acceptors (Lipinski definition) is 3. The van der Waals surface area contributed by atoms with E-state index in [-0.39, 0.29) is 11.8 Å². The van der Waals surface area contributed by atoms with Crippen molar-refractivity contribution in [2.45, 2.75) is 32.4 Å². The first kappa shape index (κ1) is 15.6. The summed E-state index contributed by atoms with van der Waals surface area (Å²) >= 11 is 6.02. The summed E-state index contributed by atoms with van der Waals surface area (Å²) in [5.74, 6) is 0.0705. The van der Waals surface area contributed by atoms with Gasteiger partial charge in [-0.1, -0.05) is 23.7 Å². The van der Waals surface area contributed by atoms with Crippen molar-refractivity contribution in [3.63, 3.8) is 0 Å². The molecule has 0 spiro atoms. The lowest BCUT2D eigenvalue weighted by atomic mass is 9.98. The van der Waals surface area contributed by atoms with Crippen molar-refractivity contribution in [2.24, 2.45) is 0 Å². The smallest absolute Gasteiger partial charge is 0.264 e. The molecule has 1 fully saturated rings. The third kappa shape index (κ3) is 3.13. The van der Waals surface area contributed by atoms with Crippen molar-refractivity contribution in [1.29, 1.82) is 0 Å². The van der Waals surface area contributed by atoms with Gasteiger partial charge in [-0.05, 0) is 32.9 Å². The largest absolute Gasteiger partial charge is 0.479 e. The molecular weight excluding hydrogens is 292 g/mol. The van der Waals surface area contributed by atoms with Crippen molar-refractivity contribution in [2.75, 3.05) is 13.1 Å². The Kier molecular flexibility index (Phi) is 4.42. The maximum atomic E-state index is 12.6. The maximum absolute atomic E-state index is 12.6. The summed E-state index contributed by atoms with van der Waals surface area (Å²) < 4.78 is 5.63. The van der Waals surface area contributed by atoms with Gasteiger partial charge in [0.2, 0.25) is 5.91 Å². The topological polar surface area (TPSA) is 58.6 Å². The highest BCUT2D eigenvalue weighted by Gasteiger charge is 2.42. The second kappa shape index (κ2) is 5.93. The fourth-order valence-electron chi connectivity index (χ4n) is 2.29. The lowest BCUT2D eigenvalue weighted by Crippen LogP contribution is -2.65. The number of hydrogen-bond donors (Lipinski definition) is 1. The van der Waals surface area contributed by atoms with Crippen LogP contribution in [0.2, 0.25) is 5.02 Å². The van der Waals surface area contributed by atoms with Gasteiger partial charge in [0.25, 0.3) is 5.91 Å². The first-order chi connectivity index (χ1) is 9.84. The molecule has 0 bridgehead atoms. The van der Waals surface area contributed by atoms with E-state index in [0.29, 0.717) is 23.9 Å². The fourth-order valence-corrected chi connectivity index (χ4v) is 2.47. The predicted molar refractivity (Wildman–Crippen MR) is 80.3 cm³/mol. The molecule has 1 unspecified atom stereocenters. The van der Waals surface area contributed by atoms with Gasteiger partial charge < -0.3 is 15.0 Å². The summed E-state index contributed by atoms with van der Waals surface area (Å²) in [5, 5.41) is 3.21. The van der Waals surface area contributed by atoms with Crippen LogP contribution in [-0.2, 0) is 9.59 Å². The number of piperazine rings is 1. The van der Waals surface area contributed by atoms with E-state index in [4.69, 9.17) is 16.3 Å². The summed E-state index contributed by atoms with van der Waals surface area (Å²) in [6, 6.07) is 6.99. The van der Waals surface area contributed by atoms with Gasteiger partial charge in [0.15, 0.2) is 6.10 Å². The van der Waals surface area contributed by atoms with Crippen LogP contribution in [0.3, 0.4) is 0 Å². The normalized spacial score (nSPS) is 18.9. The predicted octanol–water partition coefficient (Wildman–Crippen LogP) is 1.84. The molecule has 1 aliphatic heterocycles. The summed E-state index contributed by atoms with van der Waals surface area (Å²) in [7, 11) is 0. The van der Waals surface area contributed by atoms with Crippen LogP contribution in [0.15, 0.2) is 24.3 Å². The molecule has 1 N–H and O–H groups in total. The Bertz CT molecular complexity index is 560. The highest BCUT2D eigenvalue weighted by atomic mass is 35.5. The molecule has 114 valence electrons. The Balaban J connectivity index is 2.12. The molecule has 1 atom stereocenters. The summed E-state index contributed by atoms with van der Waals surface area (Å²) in [6.07, 6.45) is -0.713. The minimum Gasteiger partial charge on any atom is -0.479 e. The zero-order valence-corrected chi connectivity index (χ0v) is 13.1. The molecule has 1 saturated heterocycles. The minimum absolute atomic E-state index is 0.160. The second-order valence-corrected chi connectivity index (χ2v) is 5.90. The van der Waals surface area contributed by atoms with Gasteiger partial charge >= 0.3 is 0 Å². The number of para-hydroxylation sites is 1. The van der Waals surface area contributed by atoms with Gasteiger partial charge in [-0.2, -0.15) is 0 Å². The standard InChI is InChI=1S/C15H19ClN2O3/c1-10(21-12-7-5-4-6-11(12)16)13(19)18-9-8-17-14(20)15(18,2)3/h4-7,10H,8-9H2,1-3H3,(H,17,20). The Morgan fingerprint density at radius 3 is 2.76 bits per heavy atom. The van der Waals surface area contributed by atoms with E-state index < -0.39 is 11.6 Å². The third-order valence-corrected chi connectivity index (χ3v) is 3.92. The molecule has 2 rings (SSSR count). The van der Waals surface area contributed by atoms with Crippen LogP contribution in [-0.4, -0.2) is 41.4 Å². The van der Waals surface area contributed by atoms with Crippen LogP contribution in [0.5, 0.6) is 5.75 Å². The van der Waals surface area contributed by atoms with Crippen molar-refractivity contribution >= 4 is 23.4 Å². The SMILES string of the molecule is CC(Oc1ccccc1Cl)C(=O)N1CCNC(=O)C1(C)C. The Hall–Kier alpha value is -1.75. The zero-order chi connectivity index (χ0) is 15.6. The highest BCUT2D eigenvalue weighted by Crippen LogP contribution is 2.26. The van der Waals surface area contributed by atoms with E-state index in [9.17, 15) is 9.59 Å². The Labute approximate surface area is 129 Å². The monoisotopic (exact) mass is 310 g/mol. The zero-order valence-electron chi connectivity index (χ0n) is 12.4. The average molecular weight is 311 g/mol. The lowest BCUT2D eigenvalue weighted by molar-refractivity contribution is -0.153. The van der Waals surface area contributed by atoms with Crippen molar-refractivity contribution in [1.82, 2.24) is 10.2 Å². The van der Waals surface area contributed by atoms with Gasteiger partial charge in [-0.3, -0.25) is 9.59 Å². The van der Waals surface area contributed by atoms with Gasteiger partial charge in [-0.15, -0.1) is 0 Å². The molecule has 1 aromatic carbocycles. The lowest BCUT2D eigenvalue weighted by Gasteiger charge is -2.42. The molecule has 0 radical (unpaired) electrons. The molecule has 5 nitrogen and oxygen atoms in total. The summed E-state index contributed by atoms with van der Waals surface area (Å²) in [5.41, 5.74) is -0.882. The number of benzene rings is 1. The summed E-state index contributed by atoms with van der Waals surface area (Å²) in [6.45, 7) is 6.03. The molecule has 6 heteroatoms. The minimum atomic E-state index is -0.882. The Morgan fingerprint density at radius 1 is 1.43 bits per heavy atom. The molecule has 0 aliphatic carbocycles. The van der Waals surface area contributed by atoms with Gasteiger partial charge in [-0.25, -0.2) is 0 Å². The summed E-state index contributed by atoms with van der Waals surface area (Å²) in [4.78, 5) is 26.0. The van der Waals surface area contributed by atoms with Crippen LogP contribution < -0.4 is 10.1 Å². The maximum Gasteiger partial charge on any atom is 0.264 e. The first-order valence-electron chi connectivity index (χ1n) is 6.85. The molecule has 0 aromatic heterocycles. The fraction of sp³-hybridized carbons (Fsp3) is 0.467. The quantitative estimate of drug-likeness (QED) is 0.927. The van der Waals surface area contributed by atoms with E-state index in [1.807, 2.05) is 0 Å². The number of nitrogens with zero attached hydrogens (tertiary/aromatic N) is 1. The highest BCUT2D eigenvalue weighted by molar-refractivity contribution is 6.32. The molecular formula is C15H19ClN2O3. The first-order valence-corrected chi connectivity index (χ1v) is 7.23. The van der Waals surface area contributed by atoms with Gasteiger partial charge in [0, 0.05) is 13.1 Å². The molecule has 0 saturated carbocycles. The number of carbonyl (C=O) groups is 2. The average Bonchev–Trinajstić information content (AvgIpc) is 2.43. The van der Waals surface area contributed by atoms with Crippen molar-refractivity contribution in [3.05, 3.63) is 29.3 Å². The van der Waals surface area contributed by atoms with Gasteiger partial charge in [0.1, 0.15) is 11.3 Å². The van der Waals surface area contributed by atoms with Crippen molar-refractivity contribution < 1.29 is 14.3 Å².